The Bertz CT molecular complexity index is 516. The Hall–Kier alpha value is -1.50. The molecule has 0 aromatic carbocycles. The highest BCUT2D eigenvalue weighted by atomic mass is 32.2. The van der Waals surface area contributed by atoms with Crippen molar-refractivity contribution in [3.63, 3.8) is 0 Å². The molecule has 2 atom stereocenters. The van der Waals surface area contributed by atoms with Gasteiger partial charge < -0.3 is 9.64 Å². The van der Waals surface area contributed by atoms with E-state index in [-0.39, 0.29) is 12.0 Å². The molecule has 1 aliphatic rings. The first kappa shape index (κ1) is 15.9. The van der Waals surface area contributed by atoms with E-state index in [0.29, 0.717) is 23.9 Å². The third-order valence-corrected chi connectivity index (χ3v) is 4.55. The standard InChI is InChI=1S/C14H21N3O3S/c1-14(2,3)20-13(18)17-7-4-11(9-17)10-21(19)12-8-15-5-6-16-12/h5-6,8,11H,4,7,9-10H2,1-3H3/t11-,21+/m1/s1. The van der Waals surface area contributed by atoms with Gasteiger partial charge in [-0.25, -0.2) is 9.78 Å². The van der Waals surface area contributed by atoms with E-state index in [0.717, 1.165) is 6.42 Å². The van der Waals surface area contributed by atoms with Gasteiger partial charge in [0, 0.05) is 31.2 Å². The highest BCUT2D eigenvalue weighted by Gasteiger charge is 2.30. The van der Waals surface area contributed by atoms with Gasteiger partial charge in [0.15, 0.2) is 0 Å². The van der Waals surface area contributed by atoms with E-state index in [1.807, 2.05) is 20.8 Å². The molecule has 0 unspecified atom stereocenters. The molecule has 0 bridgehead atoms. The van der Waals surface area contributed by atoms with Crippen LogP contribution in [0, 0.1) is 5.92 Å². The zero-order valence-corrected chi connectivity index (χ0v) is 13.4. The highest BCUT2D eigenvalue weighted by molar-refractivity contribution is 7.84. The van der Waals surface area contributed by atoms with Crippen molar-refractivity contribution in [3.8, 4) is 0 Å². The second kappa shape index (κ2) is 6.51. The summed E-state index contributed by atoms with van der Waals surface area (Å²) in [6.07, 6.45) is 5.16. The summed E-state index contributed by atoms with van der Waals surface area (Å²) in [7, 11) is -1.17. The normalized spacial score (nSPS) is 20.3. The van der Waals surface area contributed by atoms with E-state index in [9.17, 15) is 9.00 Å². The Kier molecular flexibility index (Phi) is 4.92. The van der Waals surface area contributed by atoms with Crippen LogP contribution in [0.2, 0.25) is 0 Å². The van der Waals surface area contributed by atoms with E-state index >= 15 is 0 Å². The lowest BCUT2D eigenvalue weighted by Crippen LogP contribution is -2.35. The molecule has 2 rings (SSSR count). The van der Waals surface area contributed by atoms with Crippen molar-refractivity contribution in [2.75, 3.05) is 18.8 Å². The number of hydrogen-bond acceptors (Lipinski definition) is 5. The van der Waals surface area contributed by atoms with Crippen LogP contribution in [-0.4, -0.2) is 49.6 Å². The van der Waals surface area contributed by atoms with Crippen LogP contribution in [0.5, 0.6) is 0 Å². The average Bonchev–Trinajstić information content (AvgIpc) is 2.86. The number of carbonyl (C=O) groups is 1. The Morgan fingerprint density at radius 3 is 2.86 bits per heavy atom. The van der Waals surface area contributed by atoms with Gasteiger partial charge in [0.2, 0.25) is 0 Å². The molecule has 1 aliphatic heterocycles. The fourth-order valence-corrected chi connectivity index (χ4v) is 3.39. The first-order valence-corrected chi connectivity index (χ1v) is 8.29. The van der Waals surface area contributed by atoms with E-state index in [4.69, 9.17) is 4.74 Å². The number of rotatable bonds is 3. The van der Waals surface area contributed by atoms with Gasteiger partial charge in [-0.15, -0.1) is 0 Å². The van der Waals surface area contributed by atoms with E-state index < -0.39 is 16.4 Å². The summed E-state index contributed by atoms with van der Waals surface area (Å²) in [5, 5.41) is 0.494. The summed E-state index contributed by atoms with van der Waals surface area (Å²) < 4.78 is 17.5. The Labute approximate surface area is 127 Å². The first-order valence-electron chi connectivity index (χ1n) is 6.97. The maximum atomic E-state index is 12.2. The molecule has 1 amide bonds. The maximum absolute atomic E-state index is 12.2. The van der Waals surface area contributed by atoms with Crippen LogP contribution >= 0.6 is 0 Å². The third-order valence-electron chi connectivity index (χ3n) is 3.10. The number of ether oxygens (including phenoxy) is 1. The van der Waals surface area contributed by atoms with Gasteiger partial charge >= 0.3 is 6.09 Å². The summed E-state index contributed by atoms with van der Waals surface area (Å²) in [4.78, 5) is 21.6. The molecular weight excluding hydrogens is 290 g/mol. The van der Waals surface area contributed by atoms with Crippen molar-refractivity contribution in [1.29, 1.82) is 0 Å². The van der Waals surface area contributed by atoms with E-state index in [2.05, 4.69) is 9.97 Å². The van der Waals surface area contributed by atoms with Gasteiger partial charge in [0.25, 0.3) is 0 Å². The van der Waals surface area contributed by atoms with Gasteiger partial charge in [0.1, 0.15) is 10.6 Å². The zero-order chi connectivity index (χ0) is 15.5. The minimum absolute atomic E-state index is 0.209. The summed E-state index contributed by atoms with van der Waals surface area (Å²) in [5.74, 6) is 0.707. The molecule has 6 nitrogen and oxygen atoms in total. The second-order valence-electron chi connectivity index (χ2n) is 6.14. The van der Waals surface area contributed by atoms with Crippen LogP contribution in [0.1, 0.15) is 27.2 Å². The average molecular weight is 311 g/mol. The van der Waals surface area contributed by atoms with Crippen LogP contribution in [0.3, 0.4) is 0 Å². The number of amides is 1. The van der Waals surface area contributed by atoms with Crippen molar-refractivity contribution in [2.45, 2.75) is 37.8 Å². The fourth-order valence-electron chi connectivity index (χ4n) is 2.16. The largest absolute Gasteiger partial charge is 0.444 e. The van der Waals surface area contributed by atoms with E-state index in [1.54, 1.807) is 11.1 Å². The Morgan fingerprint density at radius 2 is 2.24 bits per heavy atom. The van der Waals surface area contributed by atoms with Gasteiger partial charge in [-0.2, -0.15) is 0 Å². The second-order valence-corrected chi connectivity index (χ2v) is 7.58. The SMILES string of the molecule is CC(C)(C)OC(=O)N1CC[C@@H](C[S@](=O)c2cnccn2)C1. The molecule has 7 heteroatoms. The number of carbonyl (C=O) groups excluding carboxylic acids is 1. The molecule has 1 saturated heterocycles. The summed E-state index contributed by atoms with van der Waals surface area (Å²) >= 11 is 0. The first-order chi connectivity index (χ1) is 9.85. The molecule has 0 radical (unpaired) electrons. The van der Waals surface area contributed by atoms with E-state index in [1.165, 1.54) is 12.4 Å². The molecule has 0 aliphatic carbocycles. The maximum Gasteiger partial charge on any atom is 0.410 e. The predicted octanol–water partition coefficient (Wildman–Crippen LogP) is 1.84. The lowest BCUT2D eigenvalue weighted by atomic mass is 10.2. The fraction of sp³-hybridized carbons (Fsp3) is 0.643. The summed E-state index contributed by atoms with van der Waals surface area (Å²) in [6.45, 7) is 6.78. The number of hydrogen-bond donors (Lipinski definition) is 0. The van der Waals surface area contributed by atoms with Gasteiger partial charge in [-0.1, -0.05) is 0 Å². The van der Waals surface area contributed by atoms with Crippen LogP contribution in [0.25, 0.3) is 0 Å². The lowest BCUT2D eigenvalue weighted by Gasteiger charge is -2.24. The molecule has 1 aromatic rings. The zero-order valence-electron chi connectivity index (χ0n) is 12.6. The van der Waals surface area contributed by atoms with Gasteiger partial charge in [-0.05, 0) is 33.1 Å². The molecule has 1 aromatic heterocycles. The summed E-state index contributed by atoms with van der Waals surface area (Å²) in [5.41, 5.74) is -0.488. The van der Waals surface area contributed by atoms with Crippen LogP contribution < -0.4 is 0 Å². The molecule has 1 fully saturated rings. The molecule has 116 valence electrons. The molecule has 0 spiro atoms. The number of likely N-dealkylation sites (tertiary alicyclic amines) is 1. The monoisotopic (exact) mass is 311 g/mol. The molecular formula is C14H21N3O3S. The van der Waals surface area contributed by atoms with Crippen molar-refractivity contribution in [2.24, 2.45) is 5.92 Å². The minimum Gasteiger partial charge on any atom is -0.444 e. The van der Waals surface area contributed by atoms with Crippen LogP contribution in [0.15, 0.2) is 23.6 Å². The molecule has 2 heterocycles. The van der Waals surface area contributed by atoms with Crippen molar-refractivity contribution >= 4 is 16.9 Å². The summed E-state index contributed by atoms with van der Waals surface area (Å²) in [6, 6.07) is 0. The number of nitrogens with zero attached hydrogens (tertiary/aromatic N) is 3. The number of aromatic nitrogens is 2. The van der Waals surface area contributed by atoms with Crippen LogP contribution in [0.4, 0.5) is 4.79 Å². The topological polar surface area (TPSA) is 72.4 Å². The van der Waals surface area contributed by atoms with Crippen molar-refractivity contribution in [3.05, 3.63) is 18.6 Å². The van der Waals surface area contributed by atoms with Crippen molar-refractivity contribution in [1.82, 2.24) is 14.9 Å². The Balaban J connectivity index is 1.86. The minimum atomic E-state index is -1.17. The molecule has 21 heavy (non-hydrogen) atoms. The van der Waals surface area contributed by atoms with Crippen molar-refractivity contribution < 1.29 is 13.7 Å². The highest BCUT2D eigenvalue weighted by Crippen LogP contribution is 2.21. The van der Waals surface area contributed by atoms with Gasteiger partial charge in [0.05, 0.1) is 17.0 Å². The molecule has 0 saturated carbocycles. The predicted molar refractivity (Wildman–Crippen MR) is 79.2 cm³/mol. The Morgan fingerprint density at radius 1 is 1.48 bits per heavy atom. The smallest absolute Gasteiger partial charge is 0.410 e. The van der Waals surface area contributed by atoms with Gasteiger partial charge in [-0.3, -0.25) is 9.19 Å². The molecule has 0 N–H and O–H groups in total. The van der Waals surface area contributed by atoms with Crippen LogP contribution in [-0.2, 0) is 15.5 Å². The quantitative estimate of drug-likeness (QED) is 0.851. The third kappa shape index (κ3) is 4.77. The lowest BCUT2D eigenvalue weighted by molar-refractivity contribution is 0.0289.